The van der Waals surface area contributed by atoms with Crippen molar-refractivity contribution >= 4 is 27.3 Å². The van der Waals surface area contributed by atoms with Crippen molar-refractivity contribution in [3.05, 3.63) is 20.3 Å². The topological polar surface area (TPSA) is 12.0 Å². The van der Waals surface area contributed by atoms with Gasteiger partial charge in [-0.3, -0.25) is 0 Å². The van der Waals surface area contributed by atoms with Gasteiger partial charge in [0.2, 0.25) is 0 Å². The molecular weight excluding hydrogens is 334 g/mol. The predicted octanol–water partition coefficient (Wildman–Crippen LogP) is 4.76. The first kappa shape index (κ1) is 15.9. The van der Waals surface area contributed by atoms with Crippen LogP contribution in [0.3, 0.4) is 0 Å². The summed E-state index contributed by atoms with van der Waals surface area (Å²) in [5.41, 5.74) is 0.227. The van der Waals surface area contributed by atoms with E-state index in [1.165, 1.54) is 17.4 Å². The largest absolute Gasteiger partial charge is 0.326 e. The fraction of sp³-hybridized carbons (Fsp3) is 0.636. The van der Waals surface area contributed by atoms with Crippen molar-refractivity contribution in [1.29, 1.82) is 0 Å². The zero-order valence-electron chi connectivity index (χ0n) is 9.94. The Bertz CT molecular complexity index is 394. The van der Waals surface area contributed by atoms with Gasteiger partial charge in [0.15, 0.2) is 0 Å². The van der Waals surface area contributed by atoms with Crippen LogP contribution < -0.4 is 5.32 Å². The molecule has 18 heavy (non-hydrogen) atoms. The molecule has 1 rings (SSSR count). The van der Waals surface area contributed by atoms with Gasteiger partial charge in [0.25, 0.3) is 0 Å². The zero-order valence-corrected chi connectivity index (χ0v) is 12.3. The second kappa shape index (κ2) is 6.34. The number of nitrogens with one attached hydrogen (secondary N) is 1. The summed E-state index contributed by atoms with van der Waals surface area (Å²) < 4.78 is 52.9. The molecule has 0 radical (unpaired) electrons. The van der Waals surface area contributed by atoms with Crippen molar-refractivity contribution in [3.8, 4) is 0 Å². The zero-order chi connectivity index (χ0) is 13.9. The van der Waals surface area contributed by atoms with E-state index in [2.05, 4.69) is 21.2 Å². The highest BCUT2D eigenvalue weighted by atomic mass is 79.9. The lowest BCUT2D eigenvalue weighted by molar-refractivity contribution is -0.151. The molecule has 1 nitrogen and oxygen atoms in total. The van der Waals surface area contributed by atoms with Gasteiger partial charge in [0, 0.05) is 4.88 Å². The highest BCUT2D eigenvalue weighted by Gasteiger charge is 2.49. The van der Waals surface area contributed by atoms with Crippen molar-refractivity contribution in [1.82, 2.24) is 5.32 Å². The summed E-state index contributed by atoms with van der Waals surface area (Å²) in [6, 6.07) is -0.177. The van der Waals surface area contributed by atoms with Gasteiger partial charge >= 0.3 is 12.3 Å². The molecule has 1 unspecified atom stereocenters. The molecule has 7 heteroatoms. The Morgan fingerprint density at radius 2 is 2.06 bits per heavy atom. The maximum Gasteiger partial charge on any atom is 0.326 e. The summed E-state index contributed by atoms with van der Waals surface area (Å²) in [6.07, 6.45) is -3.09. The number of rotatable bonds is 6. The quantitative estimate of drug-likeness (QED) is 0.731. The number of aryl methyl sites for hydroxylation is 1. The van der Waals surface area contributed by atoms with Gasteiger partial charge in [-0.1, -0.05) is 6.92 Å². The molecule has 0 saturated heterocycles. The van der Waals surface area contributed by atoms with Crippen LogP contribution in [0.2, 0.25) is 0 Å². The lowest BCUT2D eigenvalue weighted by Crippen LogP contribution is -2.43. The fourth-order valence-corrected chi connectivity index (χ4v) is 3.36. The molecule has 1 aromatic heterocycles. The van der Waals surface area contributed by atoms with E-state index in [-0.39, 0.29) is 12.1 Å². The first-order chi connectivity index (χ1) is 8.30. The molecule has 1 aromatic rings. The summed E-state index contributed by atoms with van der Waals surface area (Å²) >= 11 is 4.44. The molecule has 0 aliphatic carbocycles. The van der Waals surface area contributed by atoms with E-state index < -0.39 is 18.4 Å². The molecule has 0 bridgehead atoms. The van der Waals surface area contributed by atoms with Crippen molar-refractivity contribution < 1.29 is 17.6 Å². The van der Waals surface area contributed by atoms with E-state index >= 15 is 0 Å². The molecule has 1 N–H and O–H groups in total. The number of thiophene rings is 1. The average molecular weight is 348 g/mol. The smallest absolute Gasteiger partial charge is 0.305 e. The fourth-order valence-electron chi connectivity index (χ4n) is 1.61. The van der Waals surface area contributed by atoms with Crippen LogP contribution in [0.4, 0.5) is 17.6 Å². The molecular formula is C11H14BrF4NS. The van der Waals surface area contributed by atoms with Gasteiger partial charge in [-0.25, -0.2) is 8.78 Å². The summed E-state index contributed by atoms with van der Waals surface area (Å²) in [7, 11) is 0. The Labute approximate surface area is 116 Å². The van der Waals surface area contributed by atoms with E-state index in [9.17, 15) is 17.6 Å². The maximum atomic E-state index is 13.6. The highest BCUT2D eigenvalue weighted by Crippen LogP contribution is 2.41. The van der Waals surface area contributed by atoms with Crippen LogP contribution in [0.1, 0.15) is 29.8 Å². The Morgan fingerprint density at radius 1 is 1.44 bits per heavy atom. The summed E-state index contributed by atoms with van der Waals surface area (Å²) in [5, 5.41) is 2.52. The van der Waals surface area contributed by atoms with Gasteiger partial charge < -0.3 is 5.32 Å². The minimum atomic E-state index is -4.08. The van der Waals surface area contributed by atoms with E-state index in [0.29, 0.717) is 15.1 Å². The molecule has 0 saturated carbocycles. The number of hydrogen-bond donors (Lipinski definition) is 1. The second-order valence-corrected chi connectivity index (χ2v) is 6.56. The first-order valence-corrected chi connectivity index (χ1v) is 7.06. The van der Waals surface area contributed by atoms with Crippen LogP contribution >= 0.6 is 27.3 Å². The first-order valence-electron chi connectivity index (χ1n) is 5.45. The van der Waals surface area contributed by atoms with Crippen LogP contribution in [0.25, 0.3) is 0 Å². The lowest BCUT2D eigenvalue weighted by Gasteiger charge is -2.27. The predicted molar refractivity (Wildman–Crippen MR) is 68.7 cm³/mol. The Kier molecular flexibility index (Phi) is 5.61. The molecule has 1 heterocycles. The SMILES string of the molecule is CCCNC(c1cc(Br)sc1C)C(F)(F)C(F)F. The third-order valence-corrected chi connectivity index (χ3v) is 4.08. The molecule has 1 atom stereocenters. The standard InChI is InChI=1S/C11H14BrF4NS/c1-3-4-17-9(11(15,16)10(13)14)7-5-8(12)18-6(7)2/h5,9-10,17H,3-4H2,1-2H3. The van der Waals surface area contributed by atoms with Gasteiger partial charge in [-0.2, -0.15) is 8.78 Å². The molecule has 0 aliphatic rings. The summed E-state index contributed by atoms with van der Waals surface area (Å²) in [5.74, 6) is -4.08. The van der Waals surface area contributed by atoms with Crippen molar-refractivity contribution in [2.75, 3.05) is 6.54 Å². The van der Waals surface area contributed by atoms with E-state index in [4.69, 9.17) is 0 Å². The molecule has 0 aliphatic heterocycles. The van der Waals surface area contributed by atoms with Crippen LogP contribution in [0.5, 0.6) is 0 Å². The van der Waals surface area contributed by atoms with Crippen LogP contribution in [0.15, 0.2) is 9.85 Å². The van der Waals surface area contributed by atoms with Crippen molar-refractivity contribution in [3.63, 3.8) is 0 Å². The van der Waals surface area contributed by atoms with Crippen molar-refractivity contribution in [2.24, 2.45) is 0 Å². The lowest BCUT2D eigenvalue weighted by atomic mass is 10.0. The molecule has 0 aromatic carbocycles. The average Bonchev–Trinajstić information content (AvgIpc) is 2.58. The maximum absolute atomic E-state index is 13.6. The van der Waals surface area contributed by atoms with Gasteiger partial charge in [-0.15, -0.1) is 11.3 Å². The second-order valence-electron chi connectivity index (χ2n) is 3.92. The minimum Gasteiger partial charge on any atom is -0.305 e. The van der Waals surface area contributed by atoms with Crippen LogP contribution in [-0.2, 0) is 0 Å². The summed E-state index contributed by atoms with van der Waals surface area (Å²) in [4.78, 5) is 0.607. The number of halogens is 5. The number of alkyl halides is 4. The molecule has 0 fully saturated rings. The third-order valence-electron chi connectivity index (χ3n) is 2.51. The Balaban J connectivity index is 3.09. The van der Waals surface area contributed by atoms with Gasteiger partial charge in [0.05, 0.1) is 3.79 Å². The van der Waals surface area contributed by atoms with E-state index in [1.54, 1.807) is 13.8 Å². The Hall–Kier alpha value is -0.140. The minimum absolute atomic E-state index is 0.227. The van der Waals surface area contributed by atoms with Crippen LogP contribution in [-0.4, -0.2) is 18.9 Å². The highest BCUT2D eigenvalue weighted by molar-refractivity contribution is 9.11. The van der Waals surface area contributed by atoms with Crippen molar-refractivity contribution in [2.45, 2.75) is 38.7 Å². The van der Waals surface area contributed by atoms with E-state index in [0.717, 1.165) is 0 Å². The van der Waals surface area contributed by atoms with Crippen LogP contribution in [0, 0.1) is 6.92 Å². The monoisotopic (exact) mass is 347 g/mol. The molecule has 0 spiro atoms. The molecule has 0 amide bonds. The number of hydrogen-bond acceptors (Lipinski definition) is 2. The normalized spacial score (nSPS) is 14.2. The Morgan fingerprint density at radius 3 is 2.44 bits per heavy atom. The van der Waals surface area contributed by atoms with Gasteiger partial charge in [0.1, 0.15) is 6.04 Å². The van der Waals surface area contributed by atoms with Gasteiger partial charge in [-0.05, 0) is 47.4 Å². The van der Waals surface area contributed by atoms with E-state index in [1.807, 2.05) is 0 Å². The summed E-state index contributed by atoms with van der Waals surface area (Å²) in [6.45, 7) is 3.70. The molecule has 104 valence electrons. The third kappa shape index (κ3) is 3.45.